The molecule has 2 unspecified atom stereocenters. The summed E-state index contributed by atoms with van der Waals surface area (Å²) in [6.45, 7) is 0. The van der Waals surface area contributed by atoms with Gasteiger partial charge >= 0.3 is 0 Å². The van der Waals surface area contributed by atoms with Crippen LogP contribution in [0.5, 0.6) is 0 Å². The molecule has 15 heavy (non-hydrogen) atoms. The van der Waals surface area contributed by atoms with E-state index in [0.717, 1.165) is 16.5 Å². The number of hydrogen-bond acceptors (Lipinski definition) is 1. The summed E-state index contributed by atoms with van der Waals surface area (Å²) in [5.74, 6) is 1.92. The Bertz CT molecular complexity index is 307. The maximum Gasteiger partial charge on any atom is 0.0181 e. The van der Waals surface area contributed by atoms with E-state index in [4.69, 9.17) is 0 Å². The van der Waals surface area contributed by atoms with Gasteiger partial charge in [-0.3, -0.25) is 0 Å². The molecule has 0 aliphatic heterocycles. The lowest BCUT2D eigenvalue weighted by Gasteiger charge is -2.10. The fourth-order valence-electron chi connectivity index (χ4n) is 2.28. The van der Waals surface area contributed by atoms with Crippen LogP contribution in [0.25, 0.3) is 0 Å². The van der Waals surface area contributed by atoms with Crippen LogP contribution in [0.15, 0.2) is 24.3 Å². The number of rotatable bonds is 3. The lowest BCUT2D eigenvalue weighted by atomic mass is 9.97. The Morgan fingerprint density at radius 2 is 2.00 bits per heavy atom. The van der Waals surface area contributed by atoms with Crippen molar-refractivity contribution in [1.82, 2.24) is 0 Å². The minimum absolute atomic E-state index is 0.744. The highest BCUT2D eigenvalue weighted by molar-refractivity contribution is 9.09. The number of benzene rings is 1. The molecule has 0 radical (unpaired) electrons. The zero-order chi connectivity index (χ0) is 10.7. The molecular weight excluding hydrogens is 268 g/mol. The van der Waals surface area contributed by atoms with Crippen LogP contribution in [0.4, 0.5) is 0 Å². The Hall–Kier alpha value is 0.0500. The van der Waals surface area contributed by atoms with Gasteiger partial charge in [-0.25, -0.2) is 0 Å². The molecule has 2 rings (SSSR count). The molecule has 2 atom stereocenters. The highest BCUT2D eigenvalue weighted by atomic mass is 79.9. The van der Waals surface area contributed by atoms with E-state index < -0.39 is 0 Å². The third-order valence-electron chi connectivity index (χ3n) is 3.13. The summed E-state index contributed by atoms with van der Waals surface area (Å²) in [7, 11) is 0. The topological polar surface area (TPSA) is 0 Å². The van der Waals surface area contributed by atoms with Gasteiger partial charge in [0, 0.05) is 10.6 Å². The van der Waals surface area contributed by atoms with Crippen LogP contribution in [-0.2, 0) is 5.75 Å². The number of hydrogen-bond donors (Lipinski definition) is 0. The average Bonchev–Trinajstić information content (AvgIpc) is 2.67. The van der Waals surface area contributed by atoms with Gasteiger partial charge in [-0.05, 0) is 42.6 Å². The van der Waals surface area contributed by atoms with E-state index in [9.17, 15) is 0 Å². The normalized spacial score (nSPS) is 25.7. The smallest absolute Gasteiger partial charge is 0.0181 e. The highest BCUT2D eigenvalue weighted by Crippen LogP contribution is 2.37. The summed E-state index contributed by atoms with van der Waals surface area (Å²) in [5, 5.41) is 0. The van der Waals surface area contributed by atoms with Crippen molar-refractivity contribution in [2.24, 2.45) is 0 Å². The monoisotopic (exact) mass is 284 g/mol. The van der Waals surface area contributed by atoms with Crippen molar-refractivity contribution in [1.29, 1.82) is 0 Å². The van der Waals surface area contributed by atoms with Gasteiger partial charge in [0.2, 0.25) is 0 Å². The van der Waals surface area contributed by atoms with Crippen LogP contribution in [0.3, 0.4) is 0 Å². The molecule has 0 saturated heterocycles. The zero-order valence-electron chi connectivity index (χ0n) is 9.08. The molecule has 0 amide bonds. The molecule has 0 heterocycles. The van der Waals surface area contributed by atoms with Gasteiger partial charge in [0.1, 0.15) is 0 Å². The first-order valence-electron chi connectivity index (χ1n) is 5.51. The van der Waals surface area contributed by atoms with Crippen molar-refractivity contribution in [3.63, 3.8) is 0 Å². The van der Waals surface area contributed by atoms with E-state index >= 15 is 0 Å². The summed E-state index contributed by atoms with van der Waals surface area (Å²) in [4.78, 5) is 0.744. The van der Waals surface area contributed by atoms with Gasteiger partial charge in [-0.2, -0.15) is 11.8 Å². The van der Waals surface area contributed by atoms with E-state index in [2.05, 4.69) is 46.5 Å². The van der Waals surface area contributed by atoms with E-state index in [0.29, 0.717) is 0 Å². The Kier molecular flexibility index (Phi) is 4.15. The van der Waals surface area contributed by atoms with Gasteiger partial charge < -0.3 is 0 Å². The summed E-state index contributed by atoms with van der Waals surface area (Å²) < 4.78 is 0. The Morgan fingerprint density at radius 3 is 2.53 bits per heavy atom. The molecule has 1 saturated carbocycles. The van der Waals surface area contributed by atoms with Crippen molar-refractivity contribution in [2.45, 2.75) is 35.8 Å². The second-order valence-corrected chi connectivity index (χ2v) is 6.44. The van der Waals surface area contributed by atoms with Gasteiger partial charge in [-0.15, -0.1) is 0 Å². The van der Waals surface area contributed by atoms with Crippen LogP contribution >= 0.6 is 27.7 Å². The number of thioether (sulfide) groups is 1. The standard InChI is InChI=1S/C13H17BrS/c1-15-9-10-2-4-11(5-3-10)12-6-7-13(14)8-12/h2-5,12-13H,6-9H2,1H3. The first kappa shape index (κ1) is 11.5. The molecule has 0 spiro atoms. The predicted molar refractivity (Wildman–Crippen MR) is 73.0 cm³/mol. The summed E-state index contributed by atoms with van der Waals surface area (Å²) >= 11 is 5.60. The fraction of sp³-hybridized carbons (Fsp3) is 0.538. The summed E-state index contributed by atoms with van der Waals surface area (Å²) in [6.07, 6.45) is 6.14. The van der Waals surface area contributed by atoms with Crippen LogP contribution in [0, 0.1) is 0 Å². The van der Waals surface area contributed by atoms with E-state index in [1.54, 1.807) is 0 Å². The minimum atomic E-state index is 0.744. The van der Waals surface area contributed by atoms with Crippen LogP contribution in [0.1, 0.15) is 36.3 Å². The number of alkyl halides is 1. The quantitative estimate of drug-likeness (QED) is 0.732. The lowest BCUT2D eigenvalue weighted by Crippen LogP contribution is -1.94. The van der Waals surface area contributed by atoms with E-state index in [1.807, 2.05) is 11.8 Å². The molecule has 2 heteroatoms. The SMILES string of the molecule is CSCc1ccc(C2CCC(Br)C2)cc1. The third kappa shape index (κ3) is 3.01. The Labute approximate surface area is 105 Å². The first-order valence-corrected chi connectivity index (χ1v) is 7.82. The second kappa shape index (κ2) is 5.40. The largest absolute Gasteiger partial charge is 0.161 e. The minimum Gasteiger partial charge on any atom is -0.161 e. The summed E-state index contributed by atoms with van der Waals surface area (Å²) in [5.41, 5.74) is 2.97. The van der Waals surface area contributed by atoms with Crippen LogP contribution in [-0.4, -0.2) is 11.1 Å². The maximum atomic E-state index is 3.71. The molecule has 0 nitrogen and oxygen atoms in total. The lowest BCUT2D eigenvalue weighted by molar-refractivity contribution is 0.725. The molecule has 1 aromatic carbocycles. The average molecular weight is 285 g/mol. The van der Waals surface area contributed by atoms with Gasteiger partial charge in [0.25, 0.3) is 0 Å². The predicted octanol–water partition coefficient (Wildman–Crippen LogP) is 4.58. The van der Waals surface area contributed by atoms with Crippen LogP contribution in [0.2, 0.25) is 0 Å². The van der Waals surface area contributed by atoms with Crippen molar-refractivity contribution < 1.29 is 0 Å². The molecule has 1 aromatic rings. The molecule has 0 bridgehead atoms. The van der Waals surface area contributed by atoms with Crippen molar-refractivity contribution in [3.05, 3.63) is 35.4 Å². The molecule has 82 valence electrons. The molecule has 0 aromatic heterocycles. The first-order chi connectivity index (χ1) is 7.29. The Morgan fingerprint density at radius 1 is 1.27 bits per heavy atom. The third-order valence-corrected chi connectivity index (χ3v) is 4.58. The van der Waals surface area contributed by atoms with Gasteiger partial charge in [0.15, 0.2) is 0 Å². The van der Waals surface area contributed by atoms with Gasteiger partial charge in [0.05, 0.1) is 0 Å². The van der Waals surface area contributed by atoms with Crippen molar-refractivity contribution >= 4 is 27.7 Å². The summed E-state index contributed by atoms with van der Waals surface area (Å²) in [6, 6.07) is 9.21. The zero-order valence-corrected chi connectivity index (χ0v) is 11.5. The molecule has 1 fully saturated rings. The van der Waals surface area contributed by atoms with E-state index in [-0.39, 0.29) is 0 Å². The second-order valence-electron chi connectivity index (χ2n) is 4.28. The van der Waals surface area contributed by atoms with Crippen LogP contribution < -0.4 is 0 Å². The molecular formula is C13H17BrS. The van der Waals surface area contributed by atoms with Crippen molar-refractivity contribution in [2.75, 3.05) is 6.26 Å². The number of halogens is 1. The highest BCUT2D eigenvalue weighted by Gasteiger charge is 2.23. The van der Waals surface area contributed by atoms with Gasteiger partial charge in [-0.1, -0.05) is 40.2 Å². The Balaban J connectivity index is 2.03. The fourth-order valence-corrected chi connectivity index (χ4v) is 3.52. The van der Waals surface area contributed by atoms with Crippen molar-refractivity contribution in [3.8, 4) is 0 Å². The van der Waals surface area contributed by atoms with E-state index in [1.165, 1.54) is 30.4 Å². The molecule has 1 aliphatic carbocycles. The molecule has 0 N–H and O–H groups in total. The maximum absolute atomic E-state index is 3.71. The molecule has 1 aliphatic rings.